The molecule has 1 unspecified atom stereocenters. The van der Waals surface area contributed by atoms with E-state index in [0.717, 1.165) is 11.1 Å². The summed E-state index contributed by atoms with van der Waals surface area (Å²) in [6, 6.07) is 6.62. The first-order valence-corrected chi connectivity index (χ1v) is 6.13. The molecule has 0 aliphatic rings. The fraction of sp³-hybridized carbons (Fsp3) is 0.308. The van der Waals surface area contributed by atoms with E-state index < -0.39 is 12.0 Å². The van der Waals surface area contributed by atoms with Crippen LogP contribution in [-0.4, -0.2) is 37.5 Å². The van der Waals surface area contributed by atoms with Crippen molar-refractivity contribution in [2.75, 3.05) is 0 Å². The summed E-state index contributed by atoms with van der Waals surface area (Å²) in [7, 11) is 0. The Kier molecular flexibility index (Phi) is 4.31. The number of benzene rings is 1. The summed E-state index contributed by atoms with van der Waals surface area (Å²) in [5.41, 5.74) is 7.37. The summed E-state index contributed by atoms with van der Waals surface area (Å²) < 4.78 is 0. The van der Waals surface area contributed by atoms with Crippen LogP contribution in [0.5, 0.6) is 0 Å². The molecule has 1 aromatic heterocycles. The van der Waals surface area contributed by atoms with E-state index in [1.54, 1.807) is 6.92 Å². The quantitative estimate of drug-likeness (QED) is 0.795. The summed E-state index contributed by atoms with van der Waals surface area (Å²) in [5, 5.41) is 24.3. The first-order valence-electron chi connectivity index (χ1n) is 6.13. The predicted octanol–water partition coefficient (Wildman–Crippen LogP) is 0.120. The number of aryl methyl sites for hydroxylation is 1. The molecule has 0 amide bonds. The van der Waals surface area contributed by atoms with Crippen molar-refractivity contribution in [3.63, 3.8) is 0 Å². The van der Waals surface area contributed by atoms with E-state index in [-0.39, 0.29) is 0 Å². The molecule has 2 rings (SSSR count). The van der Waals surface area contributed by atoms with Gasteiger partial charge in [-0.3, -0.25) is 4.79 Å². The molecule has 1 aromatic carbocycles. The van der Waals surface area contributed by atoms with Gasteiger partial charge in [-0.15, -0.1) is 20.4 Å². The van der Waals surface area contributed by atoms with Crippen LogP contribution in [0, 0.1) is 6.92 Å². The Balaban J connectivity index is 2.01. The average molecular weight is 273 g/mol. The van der Waals surface area contributed by atoms with Crippen molar-refractivity contribution < 1.29 is 9.90 Å². The Bertz CT molecular complexity index is 583. The summed E-state index contributed by atoms with van der Waals surface area (Å²) >= 11 is 0. The highest BCUT2D eigenvalue weighted by Crippen LogP contribution is 2.09. The van der Waals surface area contributed by atoms with Gasteiger partial charge in [-0.1, -0.05) is 24.3 Å². The number of nitrogens with zero attached hydrogens (tertiary/aromatic N) is 4. The Morgan fingerprint density at radius 1 is 1.15 bits per heavy atom. The Morgan fingerprint density at radius 3 is 2.25 bits per heavy atom. The van der Waals surface area contributed by atoms with Crippen LogP contribution in [0.3, 0.4) is 0 Å². The van der Waals surface area contributed by atoms with Gasteiger partial charge < -0.3 is 10.8 Å². The van der Waals surface area contributed by atoms with Crippen molar-refractivity contribution >= 4 is 5.97 Å². The largest absolute Gasteiger partial charge is 0.480 e. The second-order valence-corrected chi connectivity index (χ2v) is 4.51. The number of carboxylic acids is 1. The fourth-order valence-electron chi connectivity index (χ4n) is 1.69. The molecule has 0 saturated heterocycles. The van der Waals surface area contributed by atoms with Gasteiger partial charge in [-0.25, -0.2) is 0 Å². The zero-order valence-electron chi connectivity index (χ0n) is 11.0. The summed E-state index contributed by atoms with van der Waals surface area (Å²) in [4.78, 5) is 10.7. The Labute approximate surface area is 115 Å². The molecule has 0 aliphatic heterocycles. The minimum Gasteiger partial charge on any atom is -0.480 e. The van der Waals surface area contributed by atoms with E-state index in [9.17, 15) is 4.79 Å². The summed E-state index contributed by atoms with van der Waals surface area (Å²) in [6.45, 7) is 1.73. The minimum atomic E-state index is -1.00. The molecule has 104 valence electrons. The van der Waals surface area contributed by atoms with Crippen molar-refractivity contribution in [3.8, 4) is 0 Å². The summed E-state index contributed by atoms with van der Waals surface area (Å²) in [5.74, 6) is 0.0802. The molecule has 0 radical (unpaired) electrons. The zero-order chi connectivity index (χ0) is 14.5. The normalized spacial score (nSPS) is 12.1. The van der Waals surface area contributed by atoms with Crippen molar-refractivity contribution in [2.45, 2.75) is 25.8 Å². The lowest BCUT2D eigenvalue weighted by atomic mass is 10.0. The molecule has 0 aliphatic carbocycles. The summed E-state index contributed by atoms with van der Waals surface area (Å²) in [6.07, 6.45) is 0.839. The van der Waals surface area contributed by atoms with Gasteiger partial charge in [0.15, 0.2) is 11.6 Å². The third-order valence-corrected chi connectivity index (χ3v) is 2.78. The Morgan fingerprint density at radius 2 is 1.70 bits per heavy atom. The number of aromatic nitrogens is 4. The molecule has 7 nitrogen and oxygen atoms in total. The van der Waals surface area contributed by atoms with Crippen molar-refractivity contribution in [1.82, 2.24) is 20.4 Å². The van der Waals surface area contributed by atoms with E-state index in [1.165, 1.54) is 0 Å². The zero-order valence-corrected chi connectivity index (χ0v) is 11.0. The molecule has 0 bridgehead atoms. The number of hydrogen-bond donors (Lipinski definition) is 2. The van der Waals surface area contributed by atoms with Crippen molar-refractivity contribution in [1.29, 1.82) is 0 Å². The lowest BCUT2D eigenvalue weighted by Gasteiger charge is -2.07. The number of hydrogen-bond acceptors (Lipinski definition) is 6. The highest BCUT2D eigenvalue weighted by atomic mass is 16.4. The van der Waals surface area contributed by atoms with E-state index >= 15 is 0 Å². The van der Waals surface area contributed by atoms with Gasteiger partial charge in [-0.05, 0) is 24.5 Å². The SMILES string of the molecule is Cc1nnc(Cc2ccc(CC(N)C(=O)O)cc2)nn1. The number of carboxylic acid groups (broad SMARTS) is 1. The van der Waals surface area contributed by atoms with Gasteiger partial charge in [0.2, 0.25) is 0 Å². The van der Waals surface area contributed by atoms with Gasteiger partial charge in [0, 0.05) is 6.42 Å². The number of nitrogens with two attached hydrogens (primary N) is 1. The van der Waals surface area contributed by atoms with E-state index in [1.807, 2.05) is 24.3 Å². The second kappa shape index (κ2) is 6.16. The maximum absolute atomic E-state index is 10.7. The maximum atomic E-state index is 10.7. The molecule has 7 heteroatoms. The predicted molar refractivity (Wildman–Crippen MR) is 70.9 cm³/mol. The monoisotopic (exact) mass is 273 g/mol. The second-order valence-electron chi connectivity index (χ2n) is 4.51. The molecule has 0 saturated carbocycles. The molecule has 0 fully saturated rings. The lowest BCUT2D eigenvalue weighted by Crippen LogP contribution is -2.32. The van der Waals surface area contributed by atoms with Gasteiger partial charge in [-0.2, -0.15) is 0 Å². The van der Waals surface area contributed by atoms with Crippen LogP contribution >= 0.6 is 0 Å². The molecular formula is C13H15N5O2. The standard InChI is InChI=1S/C13H15N5O2/c1-8-15-17-12(18-16-8)7-10-4-2-9(3-5-10)6-11(14)13(19)20/h2-5,11H,6-7,14H2,1H3,(H,19,20). The maximum Gasteiger partial charge on any atom is 0.320 e. The third kappa shape index (κ3) is 3.79. The number of carbonyl (C=O) groups is 1. The first-order chi connectivity index (χ1) is 9.54. The van der Waals surface area contributed by atoms with Gasteiger partial charge in [0.05, 0.1) is 0 Å². The molecule has 2 aromatic rings. The van der Waals surface area contributed by atoms with E-state index in [2.05, 4.69) is 20.4 Å². The number of rotatable bonds is 5. The van der Waals surface area contributed by atoms with E-state index in [4.69, 9.17) is 10.8 Å². The van der Waals surface area contributed by atoms with Crippen LogP contribution in [0.4, 0.5) is 0 Å². The topological polar surface area (TPSA) is 115 Å². The molecule has 20 heavy (non-hydrogen) atoms. The highest BCUT2D eigenvalue weighted by Gasteiger charge is 2.11. The molecule has 1 atom stereocenters. The van der Waals surface area contributed by atoms with Gasteiger partial charge >= 0.3 is 5.97 Å². The lowest BCUT2D eigenvalue weighted by molar-refractivity contribution is -0.138. The third-order valence-electron chi connectivity index (χ3n) is 2.78. The van der Waals surface area contributed by atoms with Crippen LogP contribution in [0.2, 0.25) is 0 Å². The molecule has 3 N–H and O–H groups in total. The molecule has 0 spiro atoms. The van der Waals surface area contributed by atoms with Crippen LogP contribution < -0.4 is 5.73 Å². The first kappa shape index (κ1) is 14.0. The average Bonchev–Trinajstić information content (AvgIpc) is 2.43. The smallest absolute Gasteiger partial charge is 0.320 e. The molecule has 1 heterocycles. The van der Waals surface area contributed by atoms with E-state index in [0.29, 0.717) is 24.5 Å². The van der Waals surface area contributed by atoms with Crippen LogP contribution in [0.25, 0.3) is 0 Å². The number of aliphatic carboxylic acids is 1. The van der Waals surface area contributed by atoms with Crippen molar-refractivity contribution in [2.24, 2.45) is 5.73 Å². The van der Waals surface area contributed by atoms with Crippen LogP contribution in [0.15, 0.2) is 24.3 Å². The molecular weight excluding hydrogens is 258 g/mol. The minimum absolute atomic E-state index is 0.305. The van der Waals surface area contributed by atoms with Crippen LogP contribution in [0.1, 0.15) is 22.8 Å². The fourth-order valence-corrected chi connectivity index (χ4v) is 1.69. The van der Waals surface area contributed by atoms with Crippen LogP contribution in [-0.2, 0) is 17.6 Å². The highest BCUT2D eigenvalue weighted by molar-refractivity contribution is 5.73. The Hall–Kier alpha value is -2.41. The van der Waals surface area contributed by atoms with Gasteiger partial charge in [0.25, 0.3) is 0 Å². The van der Waals surface area contributed by atoms with Crippen molar-refractivity contribution in [3.05, 3.63) is 47.0 Å². The van der Waals surface area contributed by atoms with Gasteiger partial charge in [0.1, 0.15) is 6.04 Å².